The average molecular weight is 729 g/mol. The Bertz CT molecular complexity index is 1950. The Morgan fingerprint density at radius 3 is 2.33 bits per heavy atom. The Morgan fingerprint density at radius 2 is 1.61 bits per heavy atom. The van der Waals surface area contributed by atoms with E-state index in [1.54, 1.807) is 35.2 Å². The van der Waals surface area contributed by atoms with E-state index >= 15 is 0 Å². The van der Waals surface area contributed by atoms with E-state index in [0.29, 0.717) is 42.5 Å². The van der Waals surface area contributed by atoms with Gasteiger partial charge in [0.25, 0.3) is 0 Å². The molecular weight excluding hydrogens is 689 g/mol. The number of benzene rings is 4. The van der Waals surface area contributed by atoms with Gasteiger partial charge in [-0.15, -0.1) is 0 Å². The van der Waals surface area contributed by atoms with Crippen LogP contribution in [-0.4, -0.2) is 32.6 Å². The zero-order valence-electron chi connectivity index (χ0n) is 27.8. The van der Waals surface area contributed by atoms with Crippen molar-refractivity contribution < 1.29 is 24.2 Å². The van der Waals surface area contributed by atoms with E-state index in [2.05, 4.69) is 15.6 Å². The quantitative estimate of drug-likeness (QED) is 0.0916. The number of aliphatic hydroxyl groups is 1. The second kappa shape index (κ2) is 17.0. The molecule has 1 saturated heterocycles. The molecule has 12 heteroatoms. The van der Waals surface area contributed by atoms with Crippen molar-refractivity contribution in [2.75, 3.05) is 11.1 Å². The summed E-state index contributed by atoms with van der Waals surface area (Å²) in [7, 11) is 0. The Balaban J connectivity index is 1.06. The highest BCUT2D eigenvalue weighted by Gasteiger charge is 2.33. The average Bonchev–Trinajstić information content (AvgIpc) is 3.47. The molecule has 1 aliphatic heterocycles. The molecule has 264 valence electrons. The number of hydrogen-bond acceptors (Lipinski definition) is 7. The number of para-hydroxylation sites is 2. The first-order valence-electron chi connectivity index (χ1n) is 16.7. The predicted molar refractivity (Wildman–Crippen MR) is 198 cm³/mol. The number of halogens is 2. The van der Waals surface area contributed by atoms with E-state index in [1.807, 2.05) is 72.8 Å². The number of nitrogens with zero attached hydrogens (tertiary/aromatic N) is 2. The molecule has 0 radical (unpaired) electrons. The van der Waals surface area contributed by atoms with E-state index in [-0.39, 0.29) is 48.6 Å². The van der Waals surface area contributed by atoms with Crippen LogP contribution in [0.1, 0.15) is 60.3 Å². The fourth-order valence-electron chi connectivity index (χ4n) is 5.94. The zero-order chi connectivity index (χ0) is 35.7. The molecule has 3 atom stereocenters. The summed E-state index contributed by atoms with van der Waals surface area (Å²) in [4.78, 5) is 28.9. The summed E-state index contributed by atoms with van der Waals surface area (Å²) in [6, 6.07) is 30.8. The normalized spacial score (nSPS) is 17.2. The zero-order valence-corrected chi connectivity index (χ0v) is 29.3. The summed E-state index contributed by atoms with van der Waals surface area (Å²) in [6.07, 6.45) is 1.93. The number of imidazole rings is 1. The molecule has 0 saturated carbocycles. The number of ether oxygens (including phenoxy) is 2. The summed E-state index contributed by atoms with van der Waals surface area (Å²) in [5.74, 6) is -0.303. The predicted octanol–water partition coefficient (Wildman–Crippen LogP) is 7.60. The van der Waals surface area contributed by atoms with Crippen LogP contribution in [0.5, 0.6) is 0 Å². The monoisotopic (exact) mass is 727 g/mol. The van der Waals surface area contributed by atoms with Crippen LogP contribution in [-0.2, 0) is 38.8 Å². The molecule has 1 aliphatic rings. The second-order valence-electron chi connectivity index (χ2n) is 12.4. The van der Waals surface area contributed by atoms with Crippen molar-refractivity contribution in [1.82, 2.24) is 14.9 Å². The van der Waals surface area contributed by atoms with Gasteiger partial charge in [0, 0.05) is 31.4 Å². The first-order valence-corrected chi connectivity index (χ1v) is 17.5. The van der Waals surface area contributed by atoms with Gasteiger partial charge >= 0.3 is 0 Å². The standard InChI is InChI=1S/C39H39Cl2N5O5/c40-37-38(41)46(24-44-37)22-31-20-34(28-13-11-25(23-47)12-14-28)51-39(50-31)29-17-15-27(16-18-29)30-6-3-5-26(19-30)21-43-35(48)9-4-10-36(49)45-33-8-2-1-7-32(33)42/h1-3,5-8,11-19,24,31,34,39,47H,4,9-10,20-23,42H2,(H,43,48)(H,45,49). The molecule has 4 aromatic carbocycles. The number of nitrogens with two attached hydrogens (primary N) is 1. The smallest absolute Gasteiger partial charge is 0.224 e. The van der Waals surface area contributed by atoms with E-state index in [1.165, 1.54) is 0 Å². The number of nitrogens with one attached hydrogen (secondary N) is 2. The molecular formula is C39H39Cl2N5O5. The van der Waals surface area contributed by atoms with Gasteiger partial charge in [-0.2, -0.15) is 0 Å². The van der Waals surface area contributed by atoms with Gasteiger partial charge in [0.2, 0.25) is 11.8 Å². The van der Waals surface area contributed by atoms with Gasteiger partial charge in [-0.1, -0.05) is 102 Å². The number of hydrogen-bond donors (Lipinski definition) is 4. The lowest BCUT2D eigenvalue weighted by atomic mass is 9.99. The molecule has 5 aromatic rings. The summed E-state index contributed by atoms with van der Waals surface area (Å²) in [5.41, 5.74) is 12.6. The van der Waals surface area contributed by atoms with E-state index in [0.717, 1.165) is 33.4 Å². The van der Waals surface area contributed by atoms with Crippen LogP contribution >= 0.6 is 23.2 Å². The van der Waals surface area contributed by atoms with Crippen molar-refractivity contribution >= 4 is 46.4 Å². The van der Waals surface area contributed by atoms with Crippen LogP contribution in [0.3, 0.4) is 0 Å². The summed E-state index contributed by atoms with van der Waals surface area (Å²) in [6.45, 7) is 0.789. The van der Waals surface area contributed by atoms with E-state index in [4.69, 9.17) is 38.4 Å². The summed E-state index contributed by atoms with van der Waals surface area (Å²) < 4.78 is 14.7. The van der Waals surface area contributed by atoms with Crippen LogP contribution in [0.15, 0.2) is 103 Å². The van der Waals surface area contributed by atoms with Gasteiger partial charge < -0.3 is 35.5 Å². The van der Waals surface area contributed by atoms with Gasteiger partial charge in [-0.05, 0) is 52.4 Å². The van der Waals surface area contributed by atoms with Crippen molar-refractivity contribution in [3.63, 3.8) is 0 Å². The van der Waals surface area contributed by atoms with Crippen molar-refractivity contribution in [2.45, 2.75) is 63.9 Å². The highest BCUT2D eigenvalue weighted by molar-refractivity contribution is 6.40. The Kier molecular flexibility index (Phi) is 12.0. The second-order valence-corrected chi connectivity index (χ2v) is 13.1. The lowest BCUT2D eigenvalue weighted by Crippen LogP contribution is -2.32. The van der Waals surface area contributed by atoms with Gasteiger partial charge in [-0.25, -0.2) is 4.98 Å². The first-order chi connectivity index (χ1) is 24.7. The first kappa shape index (κ1) is 36.1. The van der Waals surface area contributed by atoms with Crippen LogP contribution in [0.25, 0.3) is 11.1 Å². The number of aromatic nitrogens is 2. The fourth-order valence-corrected chi connectivity index (χ4v) is 6.25. The number of carbonyl (C=O) groups is 2. The van der Waals surface area contributed by atoms with Gasteiger partial charge in [0.15, 0.2) is 11.4 Å². The molecule has 2 amide bonds. The number of rotatable bonds is 13. The van der Waals surface area contributed by atoms with Crippen molar-refractivity contribution in [2.24, 2.45) is 0 Å². The number of amides is 2. The molecule has 2 heterocycles. The number of carbonyl (C=O) groups excluding carboxylic acids is 2. The van der Waals surface area contributed by atoms with Gasteiger partial charge in [0.1, 0.15) is 5.15 Å². The SMILES string of the molecule is Nc1ccccc1NC(=O)CCCC(=O)NCc1cccc(-c2ccc(C3OC(Cn4cnc(Cl)c4Cl)CC(c4ccc(CO)cc4)O3)cc2)c1. The third-order valence-electron chi connectivity index (χ3n) is 8.72. The summed E-state index contributed by atoms with van der Waals surface area (Å²) >= 11 is 12.5. The largest absolute Gasteiger partial charge is 0.397 e. The molecule has 5 N–H and O–H groups in total. The van der Waals surface area contributed by atoms with Crippen LogP contribution in [0.2, 0.25) is 10.3 Å². The molecule has 6 rings (SSSR count). The molecule has 51 heavy (non-hydrogen) atoms. The van der Waals surface area contributed by atoms with Crippen molar-refractivity contribution in [1.29, 1.82) is 0 Å². The Morgan fingerprint density at radius 1 is 0.863 bits per heavy atom. The molecule has 0 aliphatic carbocycles. The molecule has 1 fully saturated rings. The Hall–Kier alpha value is -4.71. The van der Waals surface area contributed by atoms with Gasteiger partial charge in [0.05, 0.1) is 43.1 Å². The summed E-state index contributed by atoms with van der Waals surface area (Å²) in [5, 5.41) is 15.8. The Labute approximate surface area is 306 Å². The van der Waals surface area contributed by atoms with Crippen LogP contribution in [0.4, 0.5) is 11.4 Å². The molecule has 0 spiro atoms. The third kappa shape index (κ3) is 9.55. The lowest BCUT2D eigenvalue weighted by molar-refractivity contribution is -0.252. The maximum atomic E-state index is 12.5. The highest BCUT2D eigenvalue weighted by atomic mass is 35.5. The maximum Gasteiger partial charge on any atom is 0.224 e. The van der Waals surface area contributed by atoms with Crippen molar-refractivity contribution in [3.05, 3.63) is 136 Å². The molecule has 3 unspecified atom stereocenters. The van der Waals surface area contributed by atoms with E-state index in [9.17, 15) is 14.7 Å². The van der Waals surface area contributed by atoms with Gasteiger partial charge in [-0.3, -0.25) is 9.59 Å². The van der Waals surface area contributed by atoms with Crippen molar-refractivity contribution in [3.8, 4) is 11.1 Å². The molecule has 0 bridgehead atoms. The highest BCUT2D eigenvalue weighted by Crippen LogP contribution is 2.39. The number of anilines is 2. The molecule has 10 nitrogen and oxygen atoms in total. The lowest BCUT2D eigenvalue weighted by Gasteiger charge is -2.36. The topological polar surface area (TPSA) is 141 Å². The molecule has 1 aromatic heterocycles. The van der Waals surface area contributed by atoms with E-state index < -0.39 is 6.29 Å². The van der Waals surface area contributed by atoms with Crippen LogP contribution < -0.4 is 16.4 Å². The minimum atomic E-state index is -0.637. The minimum absolute atomic E-state index is 0.0298. The van der Waals surface area contributed by atoms with Crippen LogP contribution in [0, 0.1) is 0 Å². The third-order valence-corrected chi connectivity index (χ3v) is 9.49. The minimum Gasteiger partial charge on any atom is -0.397 e. The number of nitrogen functional groups attached to an aromatic ring is 1. The number of aliphatic hydroxyl groups excluding tert-OH is 1. The fraction of sp³-hybridized carbons (Fsp3) is 0.256. The maximum absolute atomic E-state index is 12.5.